The van der Waals surface area contributed by atoms with Crippen LogP contribution in [0.25, 0.3) is 10.9 Å². The molecule has 7 nitrogen and oxygen atoms in total. The van der Waals surface area contributed by atoms with Crippen molar-refractivity contribution in [2.24, 2.45) is 5.73 Å². The maximum absolute atomic E-state index is 15.0. The Kier molecular flexibility index (Phi) is 4.43. The number of halogens is 1. The molecule has 2 heterocycles. The SMILES string of the molecule is Cc1[nH]c2c(C(N)=O)cc(F)c(N(C)[C@H]3CCN(C(=O)C=O)C3)c2c1C. The van der Waals surface area contributed by atoms with E-state index in [0.717, 1.165) is 17.3 Å². The first-order chi connectivity index (χ1) is 12.3. The number of H-pyrrole nitrogens is 1. The molecule has 1 aromatic carbocycles. The zero-order valence-electron chi connectivity index (χ0n) is 14.9. The average molecular weight is 360 g/mol. The molecule has 8 heteroatoms. The Morgan fingerprint density at radius 3 is 2.73 bits per heavy atom. The molecule has 1 fully saturated rings. The molecular formula is C18H21FN4O3. The molecule has 0 saturated carbocycles. The molecule has 138 valence electrons. The summed E-state index contributed by atoms with van der Waals surface area (Å²) in [5.41, 5.74) is 8.04. The highest BCUT2D eigenvalue weighted by Crippen LogP contribution is 2.37. The van der Waals surface area contributed by atoms with Crippen LogP contribution in [0, 0.1) is 19.7 Å². The van der Waals surface area contributed by atoms with Crippen LogP contribution in [0.1, 0.15) is 28.0 Å². The molecule has 1 aliphatic rings. The number of primary amides is 1. The predicted octanol–water partition coefficient (Wildman–Crippen LogP) is 1.26. The molecule has 1 saturated heterocycles. The summed E-state index contributed by atoms with van der Waals surface area (Å²) in [7, 11) is 1.75. The molecular weight excluding hydrogens is 339 g/mol. The van der Waals surface area contributed by atoms with E-state index in [4.69, 9.17) is 5.73 Å². The van der Waals surface area contributed by atoms with Gasteiger partial charge in [-0.25, -0.2) is 4.39 Å². The summed E-state index contributed by atoms with van der Waals surface area (Å²) < 4.78 is 15.0. The van der Waals surface area contributed by atoms with E-state index in [1.54, 1.807) is 11.9 Å². The van der Waals surface area contributed by atoms with Gasteiger partial charge in [-0.05, 0) is 31.9 Å². The molecule has 3 rings (SSSR count). The van der Waals surface area contributed by atoms with Gasteiger partial charge in [0.25, 0.3) is 11.8 Å². The largest absolute Gasteiger partial charge is 0.367 e. The zero-order chi connectivity index (χ0) is 19.2. The highest BCUT2D eigenvalue weighted by Gasteiger charge is 2.32. The minimum Gasteiger partial charge on any atom is -0.367 e. The van der Waals surface area contributed by atoms with Crippen molar-refractivity contribution in [1.29, 1.82) is 0 Å². The number of carbonyl (C=O) groups is 3. The molecule has 0 aliphatic carbocycles. The number of rotatable bonds is 4. The summed E-state index contributed by atoms with van der Waals surface area (Å²) in [4.78, 5) is 40.4. The smallest absolute Gasteiger partial charge is 0.286 e. The van der Waals surface area contributed by atoms with Crippen molar-refractivity contribution in [2.45, 2.75) is 26.3 Å². The van der Waals surface area contributed by atoms with Crippen LogP contribution < -0.4 is 10.6 Å². The number of anilines is 1. The van der Waals surface area contributed by atoms with Crippen LogP contribution in [0.5, 0.6) is 0 Å². The van der Waals surface area contributed by atoms with E-state index in [0.29, 0.717) is 42.4 Å². The number of carbonyl (C=O) groups excluding carboxylic acids is 3. The van der Waals surface area contributed by atoms with E-state index in [1.807, 2.05) is 13.8 Å². The van der Waals surface area contributed by atoms with E-state index < -0.39 is 17.6 Å². The topological polar surface area (TPSA) is 99.5 Å². The van der Waals surface area contributed by atoms with Gasteiger partial charge in [0.15, 0.2) is 0 Å². The minimum atomic E-state index is -0.701. The Morgan fingerprint density at radius 2 is 2.12 bits per heavy atom. The first-order valence-electron chi connectivity index (χ1n) is 8.34. The van der Waals surface area contributed by atoms with Crippen molar-refractivity contribution < 1.29 is 18.8 Å². The monoisotopic (exact) mass is 360 g/mol. The number of nitrogens with zero attached hydrogens (tertiary/aromatic N) is 2. The zero-order valence-corrected chi connectivity index (χ0v) is 14.9. The van der Waals surface area contributed by atoms with Gasteiger partial charge in [0.05, 0.1) is 16.8 Å². The van der Waals surface area contributed by atoms with Gasteiger partial charge >= 0.3 is 0 Å². The maximum atomic E-state index is 15.0. The van der Waals surface area contributed by atoms with Gasteiger partial charge in [0.2, 0.25) is 6.29 Å². The van der Waals surface area contributed by atoms with Crippen LogP contribution in [0.3, 0.4) is 0 Å². The number of amides is 2. The number of nitrogens with one attached hydrogen (secondary N) is 1. The summed E-state index contributed by atoms with van der Waals surface area (Å²) in [6.07, 6.45) is 0.916. The van der Waals surface area contributed by atoms with Gasteiger partial charge in [-0.2, -0.15) is 0 Å². The van der Waals surface area contributed by atoms with Crippen LogP contribution in [-0.4, -0.2) is 54.2 Å². The molecule has 1 aromatic heterocycles. The normalized spacial score (nSPS) is 16.9. The molecule has 3 N–H and O–H groups in total. The van der Waals surface area contributed by atoms with Gasteiger partial charge in [-0.3, -0.25) is 14.4 Å². The van der Waals surface area contributed by atoms with Gasteiger partial charge < -0.3 is 20.5 Å². The Hall–Kier alpha value is -2.90. The summed E-state index contributed by atoms with van der Waals surface area (Å²) in [5.74, 6) is -1.81. The molecule has 2 amide bonds. The lowest BCUT2D eigenvalue weighted by atomic mass is 10.0. The number of aryl methyl sites for hydroxylation is 2. The maximum Gasteiger partial charge on any atom is 0.286 e. The Balaban J connectivity index is 2.09. The quantitative estimate of drug-likeness (QED) is 0.633. The fraction of sp³-hybridized carbons (Fsp3) is 0.389. The van der Waals surface area contributed by atoms with Crippen LogP contribution in [0.2, 0.25) is 0 Å². The number of likely N-dealkylation sites (tertiary alicyclic amines) is 1. The van der Waals surface area contributed by atoms with Crippen molar-refractivity contribution in [3.8, 4) is 0 Å². The number of benzene rings is 1. The number of fused-ring (bicyclic) bond motifs is 1. The van der Waals surface area contributed by atoms with Crippen LogP contribution >= 0.6 is 0 Å². The van der Waals surface area contributed by atoms with E-state index in [1.165, 1.54) is 4.90 Å². The van der Waals surface area contributed by atoms with Gasteiger partial charge in [0, 0.05) is 37.3 Å². The van der Waals surface area contributed by atoms with E-state index in [-0.39, 0.29) is 11.6 Å². The van der Waals surface area contributed by atoms with Gasteiger partial charge in [-0.1, -0.05) is 0 Å². The lowest BCUT2D eigenvalue weighted by molar-refractivity contribution is -0.138. The van der Waals surface area contributed by atoms with Crippen molar-refractivity contribution in [1.82, 2.24) is 9.88 Å². The number of aromatic amines is 1. The molecule has 1 aliphatic heterocycles. The average Bonchev–Trinajstić information content (AvgIpc) is 3.20. The van der Waals surface area contributed by atoms with Gasteiger partial charge in [0.1, 0.15) is 5.82 Å². The van der Waals surface area contributed by atoms with Crippen molar-refractivity contribution in [3.05, 3.63) is 28.7 Å². The predicted molar refractivity (Wildman–Crippen MR) is 95.7 cm³/mol. The van der Waals surface area contributed by atoms with Gasteiger partial charge in [-0.15, -0.1) is 0 Å². The van der Waals surface area contributed by atoms with Crippen molar-refractivity contribution in [2.75, 3.05) is 25.0 Å². The fourth-order valence-corrected chi connectivity index (χ4v) is 3.66. The number of hydrogen-bond donors (Lipinski definition) is 2. The van der Waals surface area contributed by atoms with Crippen molar-refractivity contribution in [3.63, 3.8) is 0 Å². The van der Waals surface area contributed by atoms with Crippen LogP contribution in [0.4, 0.5) is 10.1 Å². The number of aldehydes is 1. The van der Waals surface area contributed by atoms with Crippen LogP contribution in [0.15, 0.2) is 6.07 Å². The number of nitrogens with two attached hydrogens (primary N) is 1. The summed E-state index contributed by atoms with van der Waals surface area (Å²) in [5, 5.41) is 0.610. The third-order valence-electron chi connectivity index (χ3n) is 5.25. The highest BCUT2D eigenvalue weighted by atomic mass is 19.1. The number of hydrogen-bond acceptors (Lipinski definition) is 4. The second-order valence-corrected chi connectivity index (χ2v) is 6.70. The van der Waals surface area contributed by atoms with Crippen LogP contribution in [-0.2, 0) is 9.59 Å². The first kappa shape index (κ1) is 17.9. The van der Waals surface area contributed by atoms with Crippen molar-refractivity contribution >= 4 is 34.7 Å². The third kappa shape index (κ3) is 2.71. The lowest BCUT2D eigenvalue weighted by Crippen LogP contribution is -2.37. The molecule has 1 atom stereocenters. The Morgan fingerprint density at radius 1 is 1.42 bits per heavy atom. The standard InChI is InChI=1S/C18H21FN4O3/c1-9-10(2)21-16-12(18(20)26)6-13(19)17(15(9)16)22(3)11-4-5-23(7-11)14(25)8-24/h6,8,11,21H,4-5,7H2,1-3H3,(H2,20,26)/t11-/m0/s1. The Labute approximate surface area is 149 Å². The summed E-state index contributed by atoms with van der Waals surface area (Å²) in [6.45, 7) is 4.49. The molecule has 0 unspecified atom stereocenters. The highest BCUT2D eigenvalue weighted by molar-refractivity contribution is 6.23. The second-order valence-electron chi connectivity index (χ2n) is 6.70. The molecule has 0 radical (unpaired) electrons. The summed E-state index contributed by atoms with van der Waals surface area (Å²) >= 11 is 0. The minimum absolute atomic E-state index is 0.107. The second kappa shape index (κ2) is 6.44. The van der Waals surface area contributed by atoms with E-state index >= 15 is 0 Å². The fourth-order valence-electron chi connectivity index (χ4n) is 3.66. The lowest BCUT2D eigenvalue weighted by Gasteiger charge is -2.28. The molecule has 0 bridgehead atoms. The molecule has 0 spiro atoms. The number of aromatic nitrogens is 1. The molecule has 26 heavy (non-hydrogen) atoms. The first-order valence-corrected chi connectivity index (χ1v) is 8.34. The van der Waals surface area contributed by atoms with E-state index in [2.05, 4.69) is 4.98 Å². The Bertz CT molecular complexity index is 921. The van der Waals surface area contributed by atoms with E-state index in [9.17, 15) is 18.8 Å². The third-order valence-corrected chi connectivity index (χ3v) is 5.25. The number of likely N-dealkylation sites (N-methyl/N-ethyl adjacent to an activating group) is 1. The molecule has 2 aromatic rings. The summed E-state index contributed by atoms with van der Waals surface area (Å²) in [6, 6.07) is 1.01.